The van der Waals surface area contributed by atoms with Gasteiger partial charge in [0.05, 0.1) is 0 Å². The average Bonchev–Trinajstić information content (AvgIpc) is 3.48. The number of allylic oxidation sites excluding steroid dienone is 2. The van der Waals surface area contributed by atoms with Crippen molar-refractivity contribution >= 4 is 26.8 Å². The number of nitrogens with zero attached hydrogens (tertiary/aromatic N) is 2. The van der Waals surface area contributed by atoms with E-state index in [0.717, 1.165) is 14.6 Å². The molecule has 6 rings (SSSR count). The molecule has 2 atom stereocenters. The van der Waals surface area contributed by atoms with Gasteiger partial charge < -0.3 is 9.62 Å². The van der Waals surface area contributed by atoms with Crippen LogP contribution in [0.2, 0.25) is 0 Å². The number of hydrogen-bond acceptors (Lipinski definition) is 2. The Kier molecular flexibility index (Phi) is 9.81. The summed E-state index contributed by atoms with van der Waals surface area (Å²) in [4.78, 5) is 4.36. The molecule has 0 aromatic heterocycles. The van der Waals surface area contributed by atoms with Crippen LogP contribution in [0.15, 0.2) is 108 Å². The van der Waals surface area contributed by atoms with Crippen molar-refractivity contribution in [2.45, 2.75) is 21.1 Å². The van der Waals surface area contributed by atoms with Gasteiger partial charge in [-0.05, 0) is 28.2 Å². The molecule has 2 aliphatic rings. The smallest absolute Gasteiger partial charge is 0.185 e. The molecule has 2 aliphatic carbocycles. The number of benzene rings is 4. The Labute approximate surface area is 260 Å². The van der Waals surface area contributed by atoms with E-state index >= 15 is 0 Å². The first-order chi connectivity index (χ1) is 19.8. The summed E-state index contributed by atoms with van der Waals surface area (Å²) in [5, 5.41) is 0. The van der Waals surface area contributed by atoms with Gasteiger partial charge in [-0.15, -0.1) is 0 Å². The Bertz CT molecular complexity index is 1430. The molecule has 0 radical (unpaired) electrons. The van der Waals surface area contributed by atoms with Crippen molar-refractivity contribution in [2.75, 3.05) is 28.2 Å². The summed E-state index contributed by atoms with van der Waals surface area (Å²) in [5.74, 6) is 0. The van der Waals surface area contributed by atoms with Crippen molar-refractivity contribution in [1.82, 2.24) is 9.62 Å². The molecule has 2 unspecified atom stereocenters. The molecule has 0 saturated carbocycles. The summed E-state index contributed by atoms with van der Waals surface area (Å²) in [6.45, 7) is 4.71. The van der Waals surface area contributed by atoms with Crippen molar-refractivity contribution in [2.24, 2.45) is 0 Å². The summed E-state index contributed by atoms with van der Waals surface area (Å²) in [6, 6.07) is 35.6. The van der Waals surface area contributed by atoms with E-state index in [4.69, 9.17) is 0 Å². The SMILES string of the molecule is CC1=Cc2c(-c3ccccc3)cccc2[CH]1[Zr][CH]1C(C)=Cc2c(-c3ccccc3)cccc21.CN(C)BBN(C)C. The minimum Gasteiger partial charge on any atom is -0.356 e. The van der Waals surface area contributed by atoms with Gasteiger partial charge in [0.1, 0.15) is 0 Å². The van der Waals surface area contributed by atoms with Gasteiger partial charge in [0.25, 0.3) is 0 Å². The molecule has 0 amide bonds. The second kappa shape index (κ2) is 13.5. The Morgan fingerprint density at radius 3 is 1.27 bits per heavy atom. The molecule has 0 saturated heterocycles. The van der Waals surface area contributed by atoms with E-state index in [-0.39, 0.29) is 0 Å². The van der Waals surface area contributed by atoms with E-state index in [2.05, 4.69) is 161 Å². The fraction of sp³-hybridized carbons (Fsp3) is 0.222. The molecule has 5 heteroatoms. The van der Waals surface area contributed by atoms with Gasteiger partial charge in [-0.1, -0.05) is 0 Å². The Balaban J connectivity index is 0.000000372. The molecule has 0 fully saturated rings. The number of hydrogen-bond donors (Lipinski definition) is 0. The van der Waals surface area contributed by atoms with Crippen LogP contribution in [0.1, 0.15) is 43.4 Å². The number of rotatable bonds is 7. The minimum absolute atomic E-state index is 0.631. The van der Waals surface area contributed by atoms with E-state index in [1.165, 1.54) is 33.4 Å². The molecular formula is C36H40B2N2Zr. The summed E-state index contributed by atoms with van der Waals surface area (Å²) >= 11 is -0.835. The molecule has 0 heterocycles. The zero-order valence-electron chi connectivity index (χ0n) is 25.4. The predicted molar refractivity (Wildman–Crippen MR) is 178 cm³/mol. The fourth-order valence-electron chi connectivity index (χ4n) is 5.85. The molecule has 4 aromatic rings. The second-order valence-corrected chi connectivity index (χ2v) is 15.4. The van der Waals surface area contributed by atoms with Crippen LogP contribution in [-0.2, 0) is 23.2 Å². The fourth-order valence-corrected chi connectivity index (χ4v) is 10.5. The molecule has 0 spiro atoms. The molecule has 204 valence electrons. The quantitative estimate of drug-likeness (QED) is 0.200. The molecule has 0 N–H and O–H groups in total. The van der Waals surface area contributed by atoms with Gasteiger partial charge in [-0.3, -0.25) is 0 Å². The summed E-state index contributed by atoms with van der Waals surface area (Å²) in [5.41, 5.74) is 14.5. The van der Waals surface area contributed by atoms with Gasteiger partial charge in [0.2, 0.25) is 0 Å². The van der Waals surface area contributed by atoms with Crippen LogP contribution in [0, 0.1) is 0 Å². The van der Waals surface area contributed by atoms with Crippen molar-refractivity contribution in [3.8, 4) is 22.3 Å². The maximum atomic E-state index is 2.47. The van der Waals surface area contributed by atoms with Gasteiger partial charge >= 0.3 is 209 Å². The van der Waals surface area contributed by atoms with Crippen LogP contribution < -0.4 is 0 Å². The molecule has 2 nitrogen and oxygen atoms in total. The maximum Gasteiger partial charge on any atom is 0.185 e. The van der Waals surface area contributed by atoms with E-state index < -0.39 is 23.2 Å². The second-order valence-electron chi connectivity index (χ2n) is 11.8. The molecular weight excluding hydrogens is 573 g/mol. The van der Waals surface area contributed by atoms with Crippen LogP contribution in [0.25, 0.3) is 34.4 Å². The number of fused-ring (bicyclic) bond motifs is 2. The van der Waals surface area contributed by atoms with E-state index in [9.17, 15) is 0 Å². The summed E-state index contributed by atoms with van der Waals surface area (Å²) in [7, 11) is 10.6. The van der Waals surface area contributed by atoms with Crippen molar-refractivity contribution in [3.63, 3.8) is 0 Å². The zero-order valence-corrected chi connectivity index (χ0v) is 27.8. The van der Waals surface area contributed by atoms with Crippen molar-refractivity contribution in [3.05, 3.63) is 130 Å². The Morgan fingerprint density at radius 2 is 0.902 bits per heavy atom. The third-order valence-corrected chi connectivity index (χ3v) is 13.5. The molecule has 0 bridgehead atoms. The van der Waals surface area contributed by atoms with Gasteiger partial charge in [-0.25, -0.2) is 0 Å². The van der Waals surface area contributed by atoms with Crippen molar-refractivity contribution < 1.29 is 23.2 Å². The summed E-state index contributed by atoms with van der Waals surface area (Å²) in [6.07, 6.45) is 4.94. The monoisotopic (exact) mass is 612 g/mol. The van der Waals surface area contributed by atoms with Gasteiger partial charge in [0.15, 0.2) is 14.6 Å². The Hall–Kier alpha value is -2.71. The van der Waals surface area contributed by atoms with Crippen LogP contribution in [0.4, 0.5) is 0 Å². The molecule has 41 heavy (non-hydrogen) atoms. The largest absolute Gasteiger partial charge is 0.356 e. The zero-order chi connectivity index (χ0) is 28.9. The summed E-state index contributed by atoms with van der Waals surface area (Å²) < 4.78 is 1.26. The van der Waals surface area contributed by atoms with Crippen LogP contribution in [-0.4, -0.2) is 52.4 Å². The topological polar surface area (TPSA) is 6.48 Å². The van der Waals surface area contributed by atoms with Gasteiger partial charge in [-0.2, -0.15) is 0 Å². The molecule has 0 aliphatic heterocycles. The third-order valence-electron chi connectivity index (χ3n) is 8.05. The van der Waals surface area contributed by atoms with Crippen molar-refractivity contribution in [1.29, 1.82) is 0 Å². The van der Waals surface area contributed by atoms with Crippen LogP contribution in [0.3, 0.4) is 0 Å². The van der Waals surface area contributed by atoms with E-state index in [0.29, 0.717) is 7.25 Å². The predicted octanol–water partition coefficient (Wildman–Crippen LogP) is 7.45. The van der Waals surface area contributed by atoms with Crippen LogP contribution in [0.5, 0.6) is 0 Å². The molecule has 4 aromatic carbocycles. The third kappa shape index (κ3) is 6.86. The standard InChI is InChI=1S/2C16H13.C4H14B2N2.Zr/c2*1-12-10-14-8-5-9-15(16(14)11-12)13-6-3-2-4-7-13;1-7(2)5-6-8(3)4;/h2*2-11H,1H3;5-6H,1-4H3;. The van der Waals surface area contributed by atoms with E-state index in [1.807, 2.05) is 0 Å². The minimum atomic E-state index is -0.835. The van der Waals surface area contributed by atoms with E-state index in [1.54, 1.807) is 22.3 Å². The van der Waals surface area contributed by atoms with Gasteiger partial charge in [0, 0.05) is 0 Å². The first kappa shape index (κ1) is 29.8. The maximum absolute atomic E-state index is 2.47. The normalized spacial score (nSPS) is 16.8. The first-order valence-corrected chi connectivity index (χ1v) is 17.5. The van der Waals surface area contributed by atoms with Crippen LogP contribution >= 0.6 is 0 Å². The first-order valence-electron chi connectivity index (χ1n) is 14.6. The Morgan fingerprint density at radius 1 is 0.512 bits per heavy atom. The average molecular weight is 614 g/mol.